The van der Waals surface area contributed by atoms with Gasteiger partial charge < -0.3 is 14.0 Å². The van der Waals surface area contributed by atoms with Crippen LogP contribution >= 0.6 is 0 Å². The SMILES string of the molecule is COc1cc(C(=O)NS(=O)(=O)C(F)(F)F)ccc1Cc1cn(C(c2ccccc2)c2ccccc2)c2ccc(NC(=O)OCc3ccccc3)cc12. The second-order valence-corrected chi connectivity index (χ2v) is 13.5. The lowest BCUT2D eigenvalue weighted by Crippen LogP contribution is -2.40. The van der Waals surface area contributed by atoms with Crippen LogP contribution in [0.15, 0.2) is 134 Å². The van der Waals surface area contributed by atoms with Crippen LogP contribution in [-0.2, 0) is 27.8 Å². The first-order valence-corrected chi connectivity index (χ1v) is 17.4. The molecule has 0 aliphatic heterocycles. The largest absolute Gasteiger partial charge is 0.516 e. The average molecular weight is 728 g/mol. The fourth-order valence-electron chi connectivity index (χ4n) is 5.89. The molecule has 5 aromatic carbocycles. The highest BCUT2D eigenvalue weighted by atomic mass is 32.2. The highest BCUT2D eigenvalue weighted by molar-refractivity contribution is 7.90. The van der Waals surface area contributed by atoms with Crippen molar-refractivity contribution in [1.82, 2.24) is 9.29 Å². The molecule has 0 fully saturated rings. The van der Waals surface area contributed by atoms with E-state index in [9.17, 15) is 31.2 Å². The summed E-state index contributed by atoms with van der Waals surface area (Å²) in [5, 5.41) is 3.58. The predicted octanol–water partition coefficient (Wildman–Crippen LogP) is 8.21. The van der Waals surface area contributed by atoms with Gasteiger partial charge in [-0.3, -0.25) is 10.1 Å². The molecule has 0 saturated heterocycles. The summed E-state index contributed by atoms with van der Waals surface area (Å²) in [6.45, 7) is 0.0856. The van der Waals surface area contributed by atoms with Gasteiger partial charge in [0.2, 0.25) is 0 Å². The number of benzene rings is 5. The Bertz CT molecular complexity index is 2280. The zero-order valence-electron chi connectivity index (χ0n) is 27.6. The molecular weight excluding hydrogens is 696 g/mol. The fraction of sp³-hybridized carbons (Fsp3) is 0.128. The minimum atomic E-state index is -5.91. The van der Waals surface area contributed by atoms with E-state index in [1.807, 2.05) is 109 Å². The van der Waals surface area contributed by atoms with Crippen LogP contribution in [0.5, 0.6) is 5.75 Å². The van der Waals surface area contributed by atoms with Gasteiger partial charge in [-0.05, 0) is 58.1 Å². The van der Waals surface area contributed by atoms with Gasteiger partial charge in [0, 0.05) is 34.8 Å². The molecule has 0 atom stereocenters. The third-order valence-corrected chi connectivity index (χ3v) is 9.41. The number of sulfonamides is 1. The smallest absolute Gasteiger partial charge is 0.496 e. The summed E-state index contributed by atoms with van der Waals surface area (Å²) >= 11 is 0. The molecule has 0 unspecified atom stereocenters. The van der Waals surface area contributed by atoms with E-state index in [2.05, 4.69) is 9.88 Å². The summed E-state index contributed by atoms with van der Waals surface area (Å²) in [4.78, 5) is 25.3. The van der Waals surface area contributed by atoms with Gasteiger partial charge in [0.15, 0.2) is 0 Å². The Labute approximate surface area is 297 Å². The molecule has 0 radical (unpaired) electrons. The number of nitrogens with zero attached hydrogens (tertiary/aromatic N) is 1. The van der Waals surface area contributed by atoms with Gasteiger partial charge >= 0.3 is 21.6 Å². The number of aromatic nitrogens is 1. The van der Waals surface area contributed by atoms with Gasteiger partial charge in [-0.2, -0.15) is 21.6 Å². The van der Waals surface area contributed by atoms with Gasteiger partial charge in [-0.1, -0.05) is 97.1 Å². The molecule has 9 nitrogen and oxygen atoms in total. The standard InChI is InChI=1S/C39H32F3N3O6S/c1-50-35-22-30(37(46)44-52(48,49)39(40,41)42)18-17-29(35)21-31-24-45(36(27-13-7-3-8-14-27)28-15-9-4-10-16-28)34-20-19-32(23-33(31)34)43-38(47)51-25-26-11-5-2-6-12-26/h2-20,22-24,36H,21,25H2,1H3,(H,43,47)(H,44,46). The normalized spacial score (nSPS) is 11.7. The van der Waals surface area contributed by atoms with E-state index in [1.165, 1.54) is 25.3 Å². The number of halogens is 3. The minimum absolute atomic E-state index is 0.0856. The number of rotatable bonds is 11. The quantitative estimate of drug-likeness (QED) is 0.139. The number of amides is 2. The van der Waals surface area contributed by atoms with Crippen LogP contribution in [0.25, 0.3) is 10.9 Å². The molecule has 1 aromatic heterocycles. The summed E-state index contributed by atoms with van der Waals surface area (Å²) in [5.74, 6) is -1.30. The Morgan fingerprint density at radius 3 is 2.00 bits per heavy atom. The van der Waals surface area contributed by atoms with Gasteiger partial charge in [-0.25, -0.2) is 9.52 Å². The van der Waals surface area contributed by atoms with Gasteiger partial charge in [0.25, 0.3) is 5.91 Å². The van der Waals surface area contributed by atoms with Crippen LogP contribution in [0, 0.1) is 0 Å². The van der Waals surface area contributed by atoms with Crippen molar-refractivity contribution in [2.75, 3.05) is 12.4 Å². The zero-order chi connectivity index (χ0) is 36.9. The second kappa shape index (κ2) is 15.0. The number of carbonyl (C=O) groups is 2. The monoisotopic (exact) mass is 727 g/mol. The summed E-state index contributed by atoms with van der Waals surface area (Å²) in [5.41, 5.74) is -0.462. The Balaban J connectivity index is 1.39. The fourth-order valence-corrected chi connectivity index (χ4v) is 6.37. The summed E-state index contributed by atoms with van der Waals surface area (Å²) in [6.07, 6.45) is 1.58. The van der Waals surface area contributed by atoms with E-state index in [0.717, 1.165) is 37.9 Å². The van der Waals surface area contributed by atoms with E-state index in [-0.39, 0.29) is 30.4 Å². The summed E-state index contributed by atoms with van der Waals surface area (Å²) in [6, 6.07) is 38.3. The third kappa shape index (κ3) is 7.94. The molecular formula is C39H32F3N3O6S. The summed E-state index contributed by atoms with van der Waals surface area (Å²) < 4.78 is 76.0. The van der Waals surface area contributed by atoms with Crippen molar-refractivity contribution >= 4 is 38.6 Å². The zero-order valence-corrected chi connectivity index (χ0v) is 28.4. The van der Waals surface area contributed by atoms with Crippen LogP contribution in [-0.4, -0.2) is 37.6 Å². The Kier molecular flexibility index (Phi) is 10.3. The number of nitrogens with one attached hydrogen (secondary N) is 2. The van der Waals surface area contributed by atoms with E-state index < -0.39 is 27.5 Å². The number of anilines is 1. The molecule has 266 valence electrons. The van der Waals surface area contributed by atoms with Crippen molar-refractivity contribution in [3.05, 3.63) is 167 Å². The molecule has 0 aliphatic carbocycles. The van der Waals surface area contributed by atoms with E-state index in [0.29, 0.717) is 11.3 Å². The minimum Gasteiger partial charge on any atom is -0.496 e. The van der Waals surface area contributed by atoms with Gasteiger partial charge in [0.05, 0.1) is 13.2 Å². The average Bonchev–Trinajstić information content (AvgIpc) is 3.48. The molecule has 2 N–H and O–H groups in total. The van der Waals surface area contributed by atoms with E-state index in [1.54, 1.807) is 6.07 Å². The molecule has 6 aromatic rings. The number of hydrogen-bond donors (Lipinski definition) is 2. The van der Waals surface area contributed by atoms with Crippen LogP contribution in [0.3, 0.4) is 0 Å². The lowest BCUT2D eigenvalue weighted by atomic mass is 9.98. The molecule has 52 heavy (non-hydrogen) atoms. The van der Waals surface area contributed by atoms with Crippen molar-refractivity contribution in [1.29, 1.82) is 0 Å². The topological polar surface area (TPSA) is 116 Å². The lowest BCUT2D eigenvalue weighted by Gasteiger charge is -2.21. The molecule has 2 amide bonds. The molecule has 0 bridgehead atoms. The number of hydrogen-bond acceptors (Lipinski definition) is 6. The first kappa shape index (κ1) is 35.7. The maximum Gasteiger partial charge on any atom is 0.516 e. The number of alkyl halides is 3. The maximum atomic E-state index is 12.9. The Morgan fingerprint density at radius 1 is 0.788 bits per heavy atom. The highest BCUT2D eigenvalue weighted by Gasteiger charge is 2.47. The Morgan fingerprint density at radius 2 is 1.40 bits per heavy atom. The van der Waals surface area contributed by atoms with Crippen molar-refractivity contribution in [2.45, 2.75) is 24.6 Å². The molecule has 0 spiro atoms. The van der Waals surface area contributed by atoms with Crippen molar-refractivity contribution in [3.63, 3.8) is 0 Å². The van der Waals surface area contributed by atoms with Gasteiger partial charge in [0.1, 0.15) is 12.4 Å². The molecule has 0 saturated carbocycles. The second-order valence-electron chi connectivity index (χ2n) is 11.8. The number of methoxy groups -OCH3 is 1. The number of carbonyl (C=O) groups excluding carboxylic acids is 2. The maximum absolute atomic E-state index is 12.9. The third-order valence-electron chi connectivity index (χ3n) is 8.35. The highest BCUT2D eigenvalue weighted by Crippen LogP contribution is 2.36. The number of ether oxygens (including phenoxy) is 2. The number of fused-ring (bicyclic) bond motifs is 1. The molecule has 0 aliphatic rings. The molecule has 13 heteroatoms. The van der Waals surface area contributed by atoms with E-state index >= 15 is 0 Å². The van der Waals surface area contributed by atoms with Crippen molar-refractivity contribution in [3.8, 4) is 5.75 Å². The van der Waals surface area contributed by atoms with Crippen LogP contribution in [0.1, 0.15) is 44.2 Å². The first-order valence-electron chi connectivity index (χ1n) is 15.9. The van der Waals surface area contributed by atoms with Gasteiger partial charge in [-0.15, -0.1) is 0 Å². The van der Waals surface area contributed by atoms with Crippen molar-refractivity contribution in [2.24, 2.45) is 0 Å². The molecule has 6 rings (SSSR count). The van der Waals surface area contributed by atoms with Crippen molar-refractivity contribution < 1.29 is 40.7 Å². The van der Waals surface area contributed by atoms with Crippen LogP contribution < -0.4 is 14.8 Å². The predicted molar refractivity (Wildman–Crippen MR) is 191 cm³/mol. The molecule has 1 heterocycles. The van der Waals surface area contributed by atoms with Crippen LogP contribution in [0.4, 0.5) is 23.7 Å². The summed E-state index contributed by atoms with van der Waals surface area (Å²) in [7, 11) is -4.58. The first-order chi connectivity index (χ1) is 24.9. The lowest BCUT2D eigenvalue weighted by molar-refractivity contribution is -0.0446. The Hall–Kier alpha value is -6.08. The van der Waals surface area contributed by atoms with E-state index in [4.69, 9.17) is 9.47 Å². The van der Waals surface area contributed by atoms with Crippen LogP contribution in [0.2, 0.25) is 0 Å².